The van der Waals surface area contributed by atoms with Crippen molar-refractivity contribution >= 4 is 27.6 Å². The molecule has 6 nitrogen and oxygen atoms in total. The van der Waals surface area contributed by atoms with Crippen molar-refractivity contribution in [2.24, 2.45) is 0 Å². The van der Waals surface area contributed by atoms with Crippen LogP contribution in [0, 0.1) is 12.7 Å². The largest absolute Gasteiger partial charge is 0.397 e. The fourth-order valence-corrected chi connectivity index (χ4v) is 4.27. The average Bonchev–Trinajstić information content (AvgIpc) is 3.41. The number of nitrogen functional groups attached to an aromatic ring is 1. The second-order valence-corrected chi connectivity index (χ2v) is 8.14. The van der Waals surface area contributed by atoms with Gasteiger partial charge in [-0.05, 0) is 66.1 Å². The molecule has 160 valence electrons. The Labute approximate surface area is 188 Å². The van der Waals surface area contributed by atoms with Gasteiger partial charge in [0.1, 0.15) is 17.0 Å². The molecule has 0 spiro atoms. The van der Waals surface area contributed by atoms with E-state index in [9.17, 15) is 4.39 Å². The van der Waals surface area contributed by atoms with Crippen molar-refractivity contribution in [1.29, 1.82) is 0 Å². The quantitative estimate of drug-likeness (QED) is 0.325. The van der Waals surface area contributed by atoms with Crippen LogP contribution in [0.2, 0.25) is 0 Å². The molecule has 0 saturated carbocycles. The first-order chi connectivity index (χ1) is 16.0. The Bertz CT molecular complexity index is 1640. The minimum Gasteiger partial charge on any atom is -0.397 e. The maximum atomic E-state index is 14.1. The lowest BCUT2D eigenvalue weighted by Crippen LogP contribution is -1.90. The van der Waals surface area contributed by atoms with Gasteiger partial charge < -0.3 is 10.7 Å². The van der Waals surface area contributed by atoms with Crippen LogP contribution in [0.15, 0.2) is 73.1 Å². The number of H-pyrrole nitrogens is 2. The molecule has 0 fully saturated rings. The number of aryl methyl sites for hydroxylation is 1. The molecule has 7 heteroatoms. The summed E-state index contributed by atoms with van der Waals surface area (Å²) in [5.74, 6) is -0.246. The lowest BCUT2D eigenvalue weighted by molar-refractivity contribution is 0.627. The highest BCUT2D eigenvalue weighted by Crippen LogP contribution is 2.34. The van der Waals surface area contributed by atoms with E-state index < -0.39 is 0 Å². The van der Waals surface area contributed by atoms with Crippen LogP contribution in [0.1, 0.15) is 5.56 Å². The van der Waals surface area contributed by atoms with Crippen LogP contribution < -0.4 is 5.73 Å². The van der Waals surface area contributed by atoms with Crippen LogP contribution >= 0.6 is 0 Å². The van der Waals surface area contributed by atoms with Gasteiger partial charge in [-0.1, -0.05) is 18.2 Å². The summed E-state index contributed by atoms with van der Waals surface area (Å²) >= 11 is 0. The predicted octanol–water partition coefficient (Wildman–Crippen LogP) is 5.86. The topological polar surface area (TPSA) is 96.3 Å². The fraction of sp³-hybridized carbons (Fsp3) is 0.0385. The minimum absolute atomic E-state index is 0.246. The molecule has 0 aliphatic carbocycles. The number of fused-ring (bicyclic) bond motifs is 2. The second-order valence-electron chi connectivity index (χ2n) is 8.14. The zero-order valence-electron chi connectivity index (χ0n) is 17.7. The number of aromatic amines is 2. The number of benzene rings is 2. The molecule has 0 atom stereocenters. The maximum Gasteiger partial charge on any atom is 0.135 e. The van der Waals surface area contributed by atoms with E-state index in [2.05, 4.69) is 20.2 Å². The highest BCUT2D eigenvalue weighted by atomic mass is 19.1. The van der Waals surface area contributed by atoms with Gasteiger partial charge in [-0.3, -0.25) is 10.1 Å². The van der Waals surface area contributed by atoms with E-state index in [1.807, 2.05) is 55.5 Å². The van der Waals surface area contributed by atoms with Gasteiger partial charge in [0.2, 0.25) is 0 Å². The van der Waals surface area contributed by atoms with E-state index in [-0.39, 0.29) is 5.82 Å². The molecule has 4 aromatic heterocycles. The third kappa shape index (κ3) is 3.30. The number of nitrogens with zero attached hydrogens (tertiary/aromatic N) is 3. The average molecular weight is 434 g/mol. The van der Waals surface area contributed by atoms with E-state index in [4.69, 9.17) is 10.7 Å². The number of rotatable bonds is 3. The summed E-state index contributed by atoms with van der Waals surface area (Å²) in [6, 6.07) is 18.8. The summed E-state index contributed by atoms with van der Waals surface area (Å²) in [7, 11) is 0. The summed E-state index contributed by atoms with van der Waals surface area (Å²) in [5.41, 5.74) is 14.8. The second kappa shape index (κ2) is 7.27. The first-order valence-electron chi connectivity index (χ1n) is 10.5. The molecule has 6 aromatic rings. The molecule has 2 aromatic carbocycles. The molecule has 4 heterocycles. The van der Waals surface area contributed by atoms with Crippen LogP contribution in [0.4, 0.5) is 10.1 Å². The van der Waals surface area contributed by atoms with Crippen LogP contribution in [0.3, 0.4) is 0 Å². The van der Waals surface area contributed by atoms with Gasteiger partial charge in [0, 0.05) is 28.9 Å². The number of anilines is 1. The fourth-order valence-electron chi connectivity index (χ4n) is 4.27. The van der Waals surface area contributed by atoms with Gasteiger partial charge in [-0.25, -0.2) is 9.37 Å². The molecule has 0 amide bonds. The normalized spacial score (nSPS) is 11.5. The smallest absolute Gasteiger partial charge is 0.135 e. The molecule has 0 aliphatic heterocycles. The number of hydrogen-bond donors (Lipinski definition) is 3. The van der Waals surface area contributed by atoms with Gasteiger partial charge in [-0.2, -0.15) is 5.10 Å². The number of pyridine rings is 2. The van der Waals surface area contributed by atoms with Gasteiger partial charge in [0.05, 0.1) is 22.6 Å². The standard InChI is InChI=1S/C26H19FN6/c1-14-7-15(9-17(27)8-14)19-3-2-4-22-20(19)11-24(30-22)26-25-23(32-33-26)6-5-21(31-25)16-10-18(28)13-29-12-16/h2-13,30H,28H2,1H3,(H,32,33). The van der Waals surface area contributed by atoms with Gasteiger partial charge in [0.15, 0.2) is 0 Å². The molecular weight excluding hydrogens is 415 g/mol. The summed E-state index contributed by atoms with van der Waals surface area (Å²) < 4.78 is 14.1. The third-order valence-corrected chi connectivity index (χ3v) is 5.74. The van der Waals surface area contributed by atoms with Crippen LogP contribution in [0.25, 0.3) is 55.7 Å². The molecule has 6 rings (SSSR count). The third-order valence-electron chi connectivity index (χ3n) is 5.74. The van der Waals surface area contributed by atoms with Crippen molar-refractivity contribution < 1.29 is 4.39 Å². The Morgan fingerprint density at radius 1 is 0.909 bits per heavy atom. The van der Waals surface area contributed by atoms with Crippen molar-refractivity contribution in [2.75, 3.05) is 5.73 Å². The van der Waals surface area contributed by atoms with E-state index in [0.717, 1.165) is 55.6 Å². The van der Waals surface area contributed by atoms with Crippen LogP contribution in [-0.2, 0) is 0 Å². The first-order valence-corrected chi connectivity index (χ1v) is 10.5. The highest BCUT2D eigenvalue weighted by molar-refractivity contribution is 6.00. The predicted molar refractivity (Wildman–Crippen MR) is 129 cm³/mol. The van der Waals surface area contributed by atoms with E-state index in [1.54, 1.807) is 18.5 Å². The van der Waals surface area contributed by atoms with Crippen molar-refractivity contribution in [1.82, 2.24) is 25.1 Å². The van der Waals surface area contributed by atoms with Crippen LogP contribution in [-0.4, -0.2) is 25.1 Å². The molecule has 0 saturated heterocycles. The zero-order chi connectivity index (χ0) is 22.5. The summed E-state index contributed by atoms with van der Waals surface area (Å²) in [6.45, 7) is 1.89. The van der Waals surface area contributed by atoms with Gasteiger partial charge in [-0.15, -0.1) is 0 Å². The van der Waals surface area contributed by atoms with E-state index in [0.29, 0.717) is 11.4 Å². The van der Waals surface area contributed by atoms with Crippen molar-refractivity contribution in [2.45, 2.75) is 6.92 Å². The first kappa shape index (κ1) is 19.2. The van der Waals surface area contributed by atoms with E-state index >= 15 is 0 Å². The maximum absolute atomic E-state index is 14.1. The number of nitrogens with two attached hydrogens (primary N) is 1. The molecular formula is C26H19FN6. The number of aromatic nitrogens is 5. The molecule has 0 unspecified atom stereocenters. The van der Waals surface area contributed by atoms with E-state index in [1.165, 1.54) is 6.07 Å². The Morgan fingerprint density at radius 2 is 1.82 bits per heavy atom. The minimum atomic E-state index is -0.246. The lowest BCUT2D eigenvalue weighted by Gasteiger charge is -2.05. The summed E-state index contributed by atoms with van der Waals surface area (Å²) in [4.78, 5) is 12.5. The Hall–Kier alpha value is -4.52. The summed E-state index contributed by atoms with van der Waals surface area (Å²) in [6.07, 6.45) is 3.34. The monoisotopic (exact) mass is 434 g/mol. The molecule has 0 bridgehead atoms. The number of hydrogen-bond acceptors (Lipinski definition) is 4. The van der Waals surface area contributed by atoms with Gasteiger partial charge in [0.25, 0.3) is 0 Å². The van der Waals surface area contributed by atoms with Crippen LogP contribution in [0.5, 0.6) is 0 Å². The Kier molecular flexibility index (Phi) is 4.23. The summed E-state index contributed by atoms with van der Waals surface area (Å²) in [5, 5.41) is 8.58. The number of halogens is 1. The molecule has 33 heavy (non-hydrogen) atoms. The SMILES string of the molecule is Cc1cc(F)cc(-c2cccc3[nH]c(-c4n[nH]c5ccc(-c6cncc(N)c6)nc45)cc23)c1. The Morgan fingerprint density at radius 3 is 2.67 bits per heavy atom. The van der Waals surface area contributed by atoms with Gasteiger partial charge >= 0.3 is 0 Å². The molecule has 0 radical (unpaired) electrons. The lowest BCUT2D eigenvalue weighted by atomic mass is 10.00. The molecule has 0 aliphatic rings. The molecule has 4 N–H and O–H groups in total. The number of nitrogens with one attached hydrogen (secondary N) is 2. The van der Waals surface area contributed by atoms with Crippen molar-refractivity contribution in [3.63, 3.8) is 0 Å². The van der Waals surface area contributed by atoms with Crippen molar-refractivity contribution in [3.8, 4) is 33.8 Å². The zero-order valence-corrected chi connectivity index (χ0v) is 17.7. The highest BCUT2D eigenvalue weighted by Gasteiger charge is 2.16. The Balaban J connectivity index is 1.51. The van der Waals surface area contributed by atoms with Crippen molar-refractivity contribution in [3.05, 3.63) is 84.4 Å².